The Bertz CT molecular complexity index is 679. The number of ether oxygens (including phenoxy) is 1. The van der Waals surface area contributed by atoms with Gasteiger partial charge in [0.1, 0.15) is 5.54 Å². The summed E-state index contributed by atoms with van der Waals surface area (Å²) >= 11 is 3.52. The molecule has 3 rings (SSSR count). The van der Waals surface area contributed by atoms with Crippen LogP contribution in [0.25, 0.3) is 0 Å². The summed E-state index contributed by atoms with van der Waals surface area (Å²) in [7, 11) is 1.75. The number of amides is 1. The molecular formula is C19H24BrNO3. The molecule has 0 heterocycles. The molecular weight excluding hydrogens is 370 g/mol. The van der Waals surface area contributed by atoms with Crippen molar-refractivity contribution in [2.75, 3.05) is 7.11 Å². The molecule has 1 N–H and O–H groups in total. The first kappa shape index (κ1) is 17.6. The van der Waals surface area contributed by atoms with Gasteiger partial charge in [-0.1, -0.05) is 22.0 Å². The maximum atomic E-state index is 12.9. The fourth-order valence-electron chi connectivity index (χ4n) is 4.88. The lowest BCUT2D eigenvalue weighted by Gasteiger charge is -2.49. The summed E-state index contributed by atoms with van der Waals surface area (Å²) in [6.07, 6.45) is 4.65. The predicted octanol–water partition coefficient (Wildman–Crippen LogP) is 3.50. The van der Waals surface area contributed by atoms with Gasteiger partial charge in [0.25, 0.3) is 0 Å². The largest absolute Gasteiger partial charge is 0.381 e. The second-order valence-corrected chi connectivity index (χ2v) is 8.10. The van der Waals surface area contributed by atoms with Gasteiger partial charge in [0.15, 0.2) is 5.78 Å². The standard InChI is InChI=1S/C19H24BrNO3/c1-12(22)19(21-13(2)23)17-10-15(20)5-4-14(17)11-18(19)8-6-16(24-3)7-9-18/h4-5,10,16H,6-9,11H2,1-3H3,(H,21,23). The Morgan fingerprint density at radius 1 is 1.25 bits per heavy atom. The van der Waals surface area contributed by atoms with Crippen molar-refractivity contribution < 1.29 is 14.3 Å². The van der Waals surface area contributed by atoms with E-state index in [9.17, 15) is 9.59 Å². The number of carbonyl (C=O) groups excluding carboxylic acids is 2. The number of rotatable bonds is 3. The number of halogens is 1. The number of hydrogen-bond donors (Lipinski definition) is 1. The lowest BCUT2D eigenvalue weighted by atomic mass is 9.60. The van der Waals surface area contributed by atoms with E-state index >= 15 is 0 Å². The van der Waals surface area contributed by atoms with Crippen LogP contribution in [0.3, 0.4) is 0 Å². The number of carbonyl (C=O) groups is 2. The predicted molar refractivity (Wildman–Crippen MR) is 95.7 cm³/mol. The van der Waals surface area contributed by atoms with E-state index in [1.165, 1.54) is 6.92 Å². The molecule has 1 unspecified atom stereocenters. The van der Waals surface area contributed by atoms with E-state index in [1.807, 2.05) is 12.1 Å². The molecule has 1 aromatic rings. The van der Waals surface area contributed by atoms with Crippen LogP contribution >= 0.6 is 15.9 Å². The molecule has 1 spiro atoms. The van der Waals surface area contributed by atoms with Gasteiger partial charge in [0, 0.05) is 23.9 Å². The van der Waals surface area contributed by atoms with E-state index in [0.29, 0.717) is 0 Å². The van der Waals surface area contributed by atoms with Crippen molar-refractivity contribution in [2.45, 2.75) is 57.6 Å². The van der Waals surface area contributed by atoms with Crippen molar-refractivity contribution in [3.63, 3.8) is 0 Å². The van der Waals surface area contributed by atoms with Crippen LogP contribution in [0.1, 0.15) is 50.7 Å². The lowest BCUT2D eigenvalue weighted by Crippen LogP contribution is -2.60. The zero-order chi connectivity index (χ0) is 17.5. The maximum Gasteiger partial charge on any atom is 0.217 e. The third kappa shape index (κ3) is 2.53. The molecule has 2 aliphatic carbocycles. The normalized spacial score (nSPS) is 31.8. The van der Waals surface area contributed by atoms with E-state index in [4.69, 9.17) is 4.74 Å². The molecule has 5 heteroatoms. The van der Waals surface area contributed by atoms with Gasteiger partial charge in [-0.15, -0.1) is 0 Å². The van der Waals surface area contributed by atoms with Crippen molar-refractivity contribution in [1.82, 2.24) is 5.32 Å². The number of hydrogen-bond acceptors (Lipinski definition) is 3. The van der Waals surface area contributed by atoms with Gasteiger partial charge in [-0.3, -0.25) is 9.59 Å². The minimum Gasteiger partial charge on any atom is -0.381 e. The SMILES string of the molecule is COC1CCC2(CC1)Cc1ccc(Br)cc1C2(NC(C)=O)C(C)=O. The van der Waals surface area contributed by atoms with E-state index < -0.39 is 5.54 Å². The molecule has 0 bridgehead atoms. The van der Waals surface area contributed by atoms with Crippen LogP contribution < -0.4 is 5.32 Å². The van der Waals surface area contributed by atoms with Gasteiger partial charge in [-0.25, -0.2) is 0 Å². The summed E-state index contributed by atoms with van der Waals surface area (Å²) in [5, 5.41) is 3.08. The van der Waals surface area contributed by atoms with Crippen molar-refractivity contribution in [3.05, 3.63) is 33.8 Å². The lowest BCUT2D eigenvalue weighted by molar-refractivity contribution is -0.138. The molecule has 24 heavy (non-hydrogen) atoms. The van der Waals surface area contributed by atoms with Crippen LogP contribution in [-0.2, 0) is 26.3 Å². The molecule has 0 saturated heterocycles. The number of benzene rings is 1. The number of Topliss-reactive ketones (excluding diaryl/α,β-unsaturated/α-hetero) is 1. The van der Waals surface area contributed by atoms with Crippen LogP contribution in [0.15, 0.2) is 22.7 Å². The molecule has 4 nitrogen and oxygen atoms in total. The molecule has 0 aromatic heterocycles. The molecule has 2 aliphatic rings. The van der Waals surface area contributed by atoms with E-state index in [0.717, 1.165) is 47.7 Å². The Kier molecular flexibility index (Phi) is 4.60. The highest BCUT2D eigenvalue weighted by atomic mass is 79.9. The fourth-order valence-corrected chi connectivity index (χ4v) is 5.24. The second-order valence-electron chi connectivity index (χ2n) is 7.18. The Labute approximate surface area is 151 Å². The van der Waals surface area contributed by atoms with Gasteiger partial charge < -0.3 is 10.1 Å². The van der Waals surface area contributed by atoms with Crippen molar-refractivity contribution in [3.8, 4) is 0 Å². The van der Waals surface area contributed by atoms with Crippen molar-refractivity contribution >= 4 is 27.6 Å². The zero-order valence-electron chi connectivity index (χ0n) is 14.4. The molecule has 1 atom stereocenters. The van der Waals surface area contributed by atoms with E-state index in [1.54, 1.807) is 14.0 Å². The Hall–Kier alpha value is -1.20. The Morgan fingerprint density at radius 2 is 1.92 bits per heavy atom. The molecule has 1 amide bonds. The van der Waals surface area contributed by atoms with Gasteiger partial charge in [0.05, 0.1) is 6.10 Å². The highest BCUT2D eigenvalue weighted by Crippen LogP contribution is 2.58. The summed E-state index contributed by atoms with van der Waals surface area (Å²) in [6.45, 7) is 3.10. The smallest absolute Gasteiger partial charge is 0.217 e. The molecule has 1 saturated carbocycles. The first-order valence-electron chi connectivity index (χ1n) is 8.46. The zero-order valence-corrected chi connectivity index (χ0v) is 16.0. The van der Waals surface area contributed by atoms with Gasteiger partial charge in [-0.2, -0.15) is 0 Å². The quantitative estimate of drug-likeness (QED) is 0.854. The number of fused-ring (bicyclic) bond motifs is 1. The third-order valence-electron chi connectivity index (χ3n) is 5.91. The van der Waals surface area contributed by atoms with Crippen LogP contribution in [0.4, 0.5) is 0 Å². The fraction of sp³-hybridized carbons (Fsp3) is 0.579. The third-order valence-corrected chi connectivity index (χ3v) is 6.41. The Balaban J connectivity index is 2.15. The molecule has 0 aliphatic heterocycles. The van der Waals surface area contributed by atoms with Gasteiger partial charge >= 0.3 is 0 Å². The van der Waals surface area contributed by atoms with E-state index in [-0.39, 0.29) is 23.2 Å². The molecule has 0 radical (unpaired) electrons. The van der Waals surface area contributed by atoms with Crippen molar-refractivity contribution in [1.29, 1.82) is 0 Å². The Morgan fingerprint density at radius 3 is 2.46 bits per heavy atom. The first-order chi connectivity index (χ1) is 11.3. The van der Waals surface area contributed by atoms with E-state index in [2.05, 4.69) is 27.3 Å². The monoisotopic (exact) mass is 393 g/mol. The van der Waals surface area contributed by atoms with Crippen LogP contribution in [0, 0.1) is 5.41 Å². The first-order valence-corrected chi connectivity index (χ1v) is 9.25. The number of nitrogens with one attached hydrogen (secondary N) is 1. The van der Waals surface area contributed by atoms with Crippen LogP contribution in [-0.4, -0.2) is 24.9 Å². The highest BCUT2D eigenvalue weighted by Gasteiger charge is 2.61. The summed E-state index contributed by atoms with van der Waals surface area (Å²) in [4.78, 5) is 25.0. The summed E-state index contributed by atoms with van der Waals surface area (Å²) in [5.41, 5.74) is 0.924. The molecule has 1 fully saturated rings. The van der Waals surface area contributed by atoms with Crippen molar-refractivity contribution in [2.24, 2.45) is 5.41 Å². The topological polar surface area (TPSA) is 55.4 Å². The molecule has 1 aromatic carbocycles. The average Bonchev–Trinajstić information content (AvgIpc) is 2.78. The summed E-state index contributed by atoms with van der Waals surface area (Å²) in [5.74, 6) is -0.142. The minimum atomic E-state index is -0.934. The molecule has 130 valence electrons. The van der Waals surface area contributed by atoms with Crippen LogP contribution in [0.2, 0.25) is 0 Å². The number of ketones is 1. The summed E-state index contributed by atoms with van der Waals surface area (Å²) in [6, 6.07) is 6.09. The van der Waals surface area contributed by atoms with Gasteiger partial charge in [0.2, 0.25) is 5.91 Å². The number of methoxy groups -OCH3 is 1. The average molecular weight is 394 g/mol. The maximum absolute atomic E-state index is 12.9. The summed E-state index contributed by atoms with van der Waals surface area (Å²) < 4.78 is 6.45. The second kappa shape index (κ2) is 6.26. The van der Waals surface area contributed by atoms with Crippen LogP contribution in [0.5, 0.6) is 0 Å². The minimum absolute atomic E-state index is 0.0189. The highest BCUT2D eigenvalue weighted by molar-refractivity contribution is 9.10. The van der Waals surface area contributed by atoms with Gasteiger partial charge in [-0.05, 0) is 62.3 Å².